The molecule has 0 saturated heterocycles. The molecule has 0 heterocycles. The summed E-state index contributed by atoms with van der Waals surface area (Å²) in [7, 11) is 0. The molecule has 1 N–H and O–H groups in total. The van der Waals surface area contributed by atoms with Gasteiger partial charge in [-0.15, -0.1) is 0 Å². The number of hydrogen-bond acceptors (Lipinski definition) is 2. The molecule has 11 heavy (non-hydrogen) atoms. The van der Waals surface area contributed by atoms with Crippen molar-refractivity contribution in [3.8, 4) is 0 Å². The van der Waals surface area contributed by atoms with E-state index < -0.39 is 0 Å². The number of rotatable bonds is 4. The van der Waals surface area contributed by atoms with Crippen molar-refractivity contribution in [3.63, 3.8) is 0 Å². The first kappa shape index (κ1) is 8.91. The van der Waals surface area contributed by atoms with Gasteiger partial charge in [-0.1, -0.05) is 0 Å². The van der Waals surface area contributed by atoms with Crippen LogP contribution >= 0.6 is 11.8 Å². The van der Waals surface area contributed by atoms with Crippen LogP contribution in [0.2, 0.25) is 0 Å². The number of carbonyl (C=O) groups is 1. The third-order valence-electron chi connectivity index (χ3n) is 2.00. The van der Waals surface area contributed by atoms with Gasteiger partial charge in [0.15, 0.2) is 0 Å². The number of thioether (sulfide) groups is 1. The highest BCUT2D eigenvalue weighted by Gasteiger charge is 2.18. The average molecular weight is 173 g/mol. The van der Waals surface area contributed by atoms with E-state index in [1.165, 1.54) is 19.3 Å². The molecule has 1 fully saturated rings. The molecule has 2 nitrogen and oxygen atoms in total. The predicted octanol–water partition coefficient (Wildman–Crippen LogP) is 1.41. The van der Waals surface area contributed by atoms with Gasteiger partial charge in [0.1, 0.15) is 0 Å². The standard InChI is InChI=1S/C8H15NOS/c1-11-6-5-8(10)9-7-3-2-4-7/h7H,2-6H2,1H3,(H,9,10). The summed E-state index contributed by atoms with van der Waals surface area (Å²) in [5.41, 5.74) is 0. The Bertz CT molecular complexity index is 134. The van der Waals surface area contributed by atoms with Gasteiger partial charge in [0.25, 0.3) is 0 Å². The van der Waals surface area contributed by atoms with Crippen LogP contribution in [0, 0.1) is 0 Å². The quantitative estimate of drug-likeness (QED) is 0.696. The first-order chi connectivity index (χ1) is 5.33. The minimum atomic E-state index is 0.226. The van der Waals surface area contributed by atoms with Crippen molar-refractivity contribution in [2.75, 3.05) is 12.0 Å². The zero-order valence-corrected chi connectivity index (χ0v) is 7.75. The van der Waals surface area contributed by atoms with Gasteiger partial charge in [-0.3, -0.25) is 4.79 Å². The molecule has 1 aliphatic carbocycles. The Labute approximate surface area is 72.1 Å². The molecule has 0 aliphatic heterocycles. The van der Waals surface area contributed by atoms with E-state index in [2.05, 4.69) is 5.32 Å². The molecule has 0 spiro atoms. The maximum atomic E-state index is 11.1. The summed E-state index contributed by atoms with van der Waals surface area (Å²) in [6.45, 7) is 0. The fraction of sp³-hybridized carbons (Fsp3) is 0.875. The van der Waals surface area contributed by atoms with E-state index in [9.17, 15) is 4.79 Å². The third-order valence-corrected chi connectivity index (χ3v) is 2.62. The zero-order chi connectivity index (χ0) is 8.10. The van der Waals surface area contributed by atoms with E-state index in [0.29, 0.717) is 12.5 Å². The second kappa shape index (κ2) is 4.65. The number of hydrogen-bond donors (Lipinski definition) is 1. The Morgan fingerprint density at radius 2 is 2.36 bits per heavy atom. The van der Waals surface area contributed by atoms with Gasteiger partial charge in [-0.2, -0.15) is 11.8 Å². The summed E-state index contributed by atoms with van der Waals surface area (Å²) >= 11 is 1.72. The van der Waals surface area contributed by atoms with E-state index in [0.717, 1.165) is 5.75 Å². The van der Waals surface area contributed by atoms with Crippen molar-refractivity contribution in [1.82, 2.24) is 5.32 Å². The zero-order valence-electron chi connectivity index (χ0n) is 6.93. The van der Waals surface area contributed by atoms with Gasteiger partial charge in [-0.05, 0) is 25.5 Å². The molecule has 0 aromatic rings. The van der Waals surface area contributed by atoms with Crippen molar-refractivity contribution in [2.24, 2.45) is 0 Å². The molecule has 1 aliphatic rings. The van der Waals surface area contributed by atoms with Gasteiger partial charge < -0.3 is 5.32 Å². The minimum Gasteiger partial charge on any atom is -0.353 e. The maximum Gasteiger partial charge on any atom is 0.221 e. The van der Waals surface area contributed by atoms with Crippen LogP contribution in [-0.2, 0) is 4.79 Å². The third kappa shape index (κ3) is 3.14. The van der Waals surface area contributed by atoms with Crippen molar-refractivity contribution < 1.29 is 4.79 Å². The molecule has 1 amide bonds. The lowest BCUT2D eigenvalue weighted by Gasteiger charge is -2.26. The molecule has 0 unspecified atom stereocenters. The molecule has 0 aromatic carbocycles. The van der Waals surface area contributed by atoms with Gasteiger partial charge in [0.2, 0.25) is 5.91 Å². The SMILES string of the molecule is CSCCC(=O)NC1CCC1. The Hall–Kier alpha value is -0.180. The molecule has 0 atom stereocenters. The second-order valence-electron chi connectivity index (χ2n) is 2.94. The van der Waals surface area contributed by atoms with E-state index in [1.54, 1.807) is 11.8 Å². The normalized spacial score (nSPS) is 17.5. The van der Waals surface area contributed by atoms with Crippen molar-refractivity contribution >= 4 is 17.7 Å². The Kier molecular flexibility index (Phi) is 3.77. The molecule has 1 rings (SSSR count). The van der Waals surface area contributed by atoms with Gasteiger partial charge in [-0.25, -0.2) is 0 Å². The van der Waals surface area contributed by atoms with Crippen molar-refractivity contribution in [3.05, 3.63) is 0 Å². The molecule has 0 radical (unpaired) electrons. The molecule has 1 saturated carbocycles. The average Bonchev–Trinajstić information content (AvgIpc) is 1.93. The smallest absolute Gasteiger partial charge is 0.221 e. The first-order valence-electron chi connectivity index (χ1n) is 4.11. The molecular formula is C8H15NOS. The first-order valence-corrected chi connectivity index (χ1v) is 5.50. The molecule has 64 valence electrons. The van der Waals surface area contributed by atoms with Gasteiger partial charge >= 0.3 is 0 Å². The summed E-state index contributed by atoms with van der Waals surface area (Å²) < 4.78 is 0. The van der Waals surface area contributed by atoms with Crippen LogP contribution < -0.4 is 5.32 Å². The van der Waals surface area contributed by atoms with Gasteiger partial charge in [0.05, 0.1) is 0 Å². The summed E-state index contributed by atoms with van der Waals surface area (Å²) in [5.74, 6) is 1.17. The van der Waals surface area contributed by atoms with E-state index in [4.69, 9.17) is 0 Å². The summed E-state index contributed by atoms with van der Waals surface area (Å²) in [5, 5.41) is 3.00. The van der Waals surface area contributed by atoms with Crippen LogP contribution in [0.1, 0.15) is 25.7 Å². The minimum absolute atomic E-state index is 0.226. The largest absolute Gasteiger partial charge is 0.353 e. The lowest BCUT2D eigenvalue weighted by Crippen LogP contribution is -2.39. The number of amides is 1. The fourth-order valence-electron chi connectivity index (χ4n) is 1.05. The van der Waals surface area contributed by atoms with E-state index in [-0.39, 0.29) is 5.91 Å². The molecule has 0 bridgehead atoms. The maximum absolute atomic E-state index is 11.1. The van der Waals surface area contributed by atoms with Crippen LogP contribution in [0.4, 0.5) is 0 Å². The second-order valence-corrected chi connectivity index (χ2v) is 3.92. The summed E-state index contributed by atoms with van der Waals surface area (Å²) in [6.07, 6.45) is 6.36. The fourth-order valence-corrected chi connectivity index (χ4v) is 1.44. The lowest BCUT2D eigenvalue weighted by atomic mass is 9.93. The topological polar surface area (TPSA) is 29.1 Å². The van der Waals surface area contributed by atoms with Crippen LogP contribution in [0.3, 0.4) is 0 Å². The van der Waals surface area contributed by atoms with Crippen molar-refractivity contribution in [1.29, 1.82) is 0 Å². The Balaban J connectivity index is 2.00. The van der Waals surface area contributed by atoms with E-state index in [1.807, 2.05) is 6.26 Å². The summed E-state index contributed by atoms with van der Waals surface area (Å²) in [4.78, 5) is 11.1. The summed E-state index contributed by atoms with van der Waals surface area (Å²) in [6, 6.07) is 0.504. The highest BCUT2D eigenvalue weighted by molar-refractivity contribution is 7.98. The van der Waals surface area contributed by atoms with Crippen molar-refractivity contribution in [2.45, 2.75) is 31.7 Å². The van der Waals surface area contributed by atoms with Crippen LogP contribution in [0.5, 0.6) is 0 Å². The number of nitrogens with one attached hydrogen (secondary N) is 1. The highest BCUT2D eigenvalue weighted by atomic mass is 32.2. The molecular weight excluding hydrogens is 158 g/mol. The van der Waals surface area contributed by atoms with Gasteiger partial charge in [0, 0.05) is 18.2 Å². The van der Waals surface area contributed by atoms with Crippen LogP contribution in [-0.4, -0.2) is 24.0 Å². The Morgan fingerprint density at radius 1 is 1.64 bits per heavy atom. The predicted molar refractivity (Wildman–Crippen MR) is 48.8 cm³/mol. The van der Waals surface area contributed by atoms with Crippen LogP contribution in [0.15, 0.2) is 0 Å². The number of carbonyl (C=O) groups excluding carboxylic acids is 1. The van der Waals surface area contributed by atoms with Crippen LogP contribution in [0.25, 0.3) is 0 Å². The Morgan fingerprint density at radius 3 is 2.82 bits per heavy atom. The lowest BCUT2D eigenvalue weighted by molar-refractivity contribution is -0.121. The highest BCUT2D eigenvalue weighted by Crippen LogP contribution is 2.17. The molecule has 0 aromatic heterocycles. The van der Waals surface area contributed by atoms with E-state index >= 15 is 0 Å². The molecule has 3 heteroatoms. The monoisotopic (exact) mass is 173 g/mol.